The molecule has 0 bridgehead atoms. The van der Waals surface area contributed by atoms with Crippen molar-refractivity contribution >= 4 is 11.7 Å². The molecule has 7 heteroatoms. The molecular weight excluding hydrogens is 228 g/mol. The molecule has 1 rings (SSSR count). The number of nitrogens with one attached hydrogen (secondary N) is 1. The van der Waals surface area contributed by atoms with Crippen LogP contribution in [0, 0.1) is 0 Å². The van der Waals surface area contributed by atoms with Gasteiger partial charge in [-0.3, -0.25) is 4.98 Å². The summed E-state index contributed by atoms with van der Waals surface area (Å²) < 4.78 is 0. The molecule has 0 saturated carbocycles. The number of carboxylic acids is 1. The lowest BCUT2D eigenvalue weighted by atomic mass is 10.0. The van der Waals surface area contributed by atoms with Crippen molar-refractivity contribution in [3.63, 3.8) is 0 Å². The van der Waals surface area contributed by atoms with E-state index in [1.165, 1.54) is 12.3 Å². The van der Waals surface area contributed by atoms with E-state index < -0.39 is 31.3 Å². The van der Waals surface area contributed by atoms with Gasteiger partial charge in [0.05, 0.1) is 25.5 Å². The van der Waals surface area contributed by atoms with Crippen molar-refractivity contribution in [1.29, 1.82) is 0 Å². The Morgan fingerprint density at radius 1 is 1.29 bits per heavy atom. The van der Waals surface area contributed by atoms with Gasteiger partial charge in [0.2, 0.25) is 0 Å². The highest BCUT2D eigenvalue weighted by Gasteiger charge is 2.29. The molecule has 0 radical (unpaired) electrons. The lowest BCUT2D eigenvalue weighted by molar-refractivity contribution is 0.0692. The van der Waals surface area contributed by atoms with Gasteiger partial charge < -0.3 is 25.7 Å². The molecule has 0 atom stereocenters. The maximum absolute atomic E-state index is 10.9. The van der Waals surface area contributed by atoms with Crippen LogP contribution in [0.4, 0.5) is 5.69 Å². The first kappa shape index (κ1) is 13.4. The number of pyridine rings is 1. The Balaban J connectivity index is 3.05. The predicted octanol–water partition coefficient (Wildman–Crippen LogP) is -1.09. The largest absolute Gasteiger partial charge is 0.478 e. The first-order chi connectivity index (χ1) is 8.08. The Morgan fingerprint density at radius 3 is 2.35 bits per heavy atom. The topological polar surface area (TPSA) is 123 Å². The van der Waals surface area contributed by atoms with Gasteiger partial charge in [0.15, 0.2) is 0 Å². The lowest BCUT2D eigenvalue weighted by Crippen LogP contribution is -2.49. The van der Waals surface area contributed by atoms with E-state index in [-0.39, 0.29) is 11.3 Å². The molecule has 1 aromatic heterocycles. The maximum Gasteiger partial charge on any atom is 0.339 e. The number of aromatic nitrogens is 1. The number of carboxylic acid groups (broad SMARTS) is 1. The number of aliphatic hydroxyl groups excluding tert-OH is 3. The summed E-state index contributed by atoms with van der Waals surface area (Å²) in [5.41, 5.74) is -1.30. The van der Waals surface area contributed by atoms with Crippen molar-refractivity contribution in [3.05, 3.63) is 24.0 Å². The number of rotatable bonds is 6. The molecule has 7 nitrogen and oxygen atoms in total. The van der Waals surface area contributed by atoms with Gasteiger partial charge in [0.1, 0.15) is 11.1 Å². The van der Waals surface area contributed by atoms with Gasteiger partial charge in [-0.1, -0.05) is 0 Å². The molecule has 0 unspecified atom stereocenters. The Bertz CT molecular complexity index is 384. The molecule has 17 heavy (non-hydrogen) atoms. The number of aromatic carboxylic acids is 1. The molecule has 0 saturated heterocycles. The Morgan fingerprint density at radius 2 is 1.88 bits per heavy atom. The van der Waals surface area contributed by atoms with Crippen LogP contribution in [0.2, 0.25) is 0 Å². The lowest BCUT2D eigenvalue weighted by Gasteiger charge is -2.30. The second kappa shape index (κ2) is 5.58. The molecule has 1 aromatic rings. The summed E-state index contributed by atoms with van der Waals surface area (Å²) >= 11 is 0. The van der Waals surface area contributed by atoms with E-state index in [1.807, 2.05) is 0 Å². The number of carbonyl (C=O) groups is 1. The Hall–Kier alpha value is -1.70. The monoisotopic (exact) mass is 242 g/mol. The first-order valence-electron chi connectivity index (χ1n) is 4.86. The summed E-state index contributed by atoms with van der Waals surface area (Å²) in [6.07, 6.45) is 2.51. The quantitative estimate of drug-likeness (QED) is 0.429. The number of hydrogen-bond donors (Lipinski definition) is 5. The average Bonchev–Trinajstić information content (AvgIpc) is 2.36. The third kappa shape index (κ3) is 2.90. The molecule has 0 aliphatic heterocycles. The van der Waals surface area contributed by atoms with Crippen LogP contribution in [0.25, 0.3) is 0 Å². The Kier molecular flexibility index (Phi) is 4.38. The van der Waals surface area contributed by atoms with Crippen molar-refractivity contribution in [2.75, 3.05) is 25.1 Å². The minimum Gasteiger partial charge on any atom is -0.478 e. The first-order valence-corrected chi connectivity index (χ1v) is 4.86. The molecule has 0 aliphatic rings. The zero-order chi connectivity index (χ0) is 12.9. The second-order valence-corrected chi connectivity index (χ2v) is 3.61. The van der Waals surface area contributed by atoms with Crippen LogP contribution >= 0.6 is 0 Å². The normalized spacial score (nSPS) is 11.2. The molecule has 0 aromatic carbocycles. The molecule has 0 fully saturated rings. The van der Waals surface area contributed by atoms with Gasteiger partial charge in [-0.25, -0.2) is 4.79 Å². The Labute approximate surface area is 97.4 Å². The average molecular weight is 242 g/mol. The van der Waals surface area contributed by atoms with E-state index >= 15 is 0 Å². The van der Waals surface area contributed by atoms with Crippen molar-refractivity contribution in [1.82, 2.24) is 4.98 Å². The third-order valence-electron chi connectivity index (χ3n) is 2.36. The van der Waals surface area contributed by atoms with Gasteiger partial charge in [0, 0.05) is 12.4 Å². The van der Waals surface area contributed by atoms with Crippen LogP contribution in [0.15, 0.2) is 18.5 Å². The molecule has 94 valence electrons. The highest BCUT2D eigenvalue weighted by atomic mass is 16.4. The summed E-state index contributed by atoms with van der Waals surface area (Å²) in [5.74, 6) is -1.19. The number of aliphatic hydroxyl groups is 3. The fourth-order valence-electron chi connectivity index (χ4n) is 1.23. The maximum atomic E-state index is 10.9. The summed E-state index contributed by atoms with van der Waals surface area (Å²) in [6.45, 7) is -1.62. The van der Waals surface area contributed by atoms with Gasteiger partial charge in [-0.05, 0) is 6.07 Å². The SMILES string of the molecule is O=C(O)c1cnccc1NC(CO)(CO)CO. The summed E-state index contributed by atoms with van der Waals surface area (Å²) in [7, 11) is 0. The van der Waals surface area contributed by atoms with Gasteiger partial charge in [0.25, 0.3) is 0 Å². The van der Waals surface area contributed by atoms with Crippen molar-refractivity contribution in [3.8, 4) is 0 Å². The van der Waals surface area contributed by atoms with Crippen molar-refractivity contribution in [2.24, 2.45) is 0 Å². The third-order valence-corrected chi connectivity index (χ3v) is 2.36. The second-order valence-electron chi connectivity index (χ2n) is 3.61. The van der Waals surface area contributed by atoms with E-state index in [1.54, 1.807) is 0 Å². The van der Waals surface area contributed by atoms with Crippen LogP contribution in [-0.2, 0) is 0 Å². The smallest absolute Gasteiger partial charge is 0.339 e. The van der Waals surface area contributed by atoms with Crippen LogP contribution in [0.1, 0.15) is 10.4 Å². The van der Waals surface area contributed by atoms with Crippen LogP contribution < -0.4 is 5.32 Å². The number of nitrogens with zero attached hydrogens (tertiary/aromatic N) is 1. The van der Waals surface area contributed by atoms with Crippen molar-refractivity contribution in [2.45, 2.75) is 5.54 Å². The van der Waals surface area contributed by atoms with E-state index in [4.69, 9.17) is 20.4 Å². The number of anilines is 1. The predicted molar refractivity (Wildman–Crippen MR) is 58.8 cm³/mol. The van der Waals surface area contributed by atoms with Gasteiger partial charge >= 0.3 is 5.97 Å². The van der Waals surface area contributed by atoms with E-state index in [9.17, 15) is 4.79 Å². The van der Waals surface area contributed by atoms with Gasteiger partial charge in [-0.15, -0.1) is 0 Å². The molecule has 0 spiro atoms. The zero-order valence-corrected chi connectivity index (χ0v) is 9.00. The fourth-order valence-corrected chi connectivity index (χ4v) is 1.23. The molecule has 5 N–H and O–H groups in total. The highest BCUT2D eigenvalue weighted by molar-refractivity contribution is 5.93. The zero-order valence-electron chi connectivity index (χ0n) is 9.00. The summed E-state index contributed by atoms with van der Waals surface area (Å²) in [6, 6.07) is 1.39. The number of hydrogen-bond acceptors (Lipinski definition) is 6. The van der Waals surface area contributed by atoms with Crippen LogP contribution in [0.5, 0.6) is 0 Å². The van der Waals surface area contributed by atoms with Crippen LogP contribution in [-0.4, -0.2) is 56.7 Å². The summed E-state index contributed by atoms with van der Waals surface area (Å²) in [4.78, 5) is 14.6. The van der Waals surface area contributed by atoms with E-state index in [0.717, 1.165) is 6.20 Å². The minimum atomic E-state index is -1.37. The molecule has 1 heterocycles. The van der Waals surface area contributed by atoms with E-state index in [0.29, 0.717) is 0 Å². The summed E-state index contributed by atoms with van der Waals surface area (Å²) in [5, 5.41) is 38.9. The van der Waals surface area contributed by atoms with Crippen LogP contribution in [0.3, 0.4) is 0 Å². The molecular formula is C10H14N2O5. The standard InChI is InChI=1S/C10H14N2O5/c13-4-10(5-14,6-15)12-8-1-2-11-3-7(8)9(16)17/h1-3,13-15H,4-6H2,(H,11,12)(H,16,17). The highest BCUT2D eigenvalue weighted by Crippen LogP contribution is 2.19. The van der Waals surface area contributed by atoms with E-state index in [2.05, 4.69) is 10.3 Å². The van der Waals surface area contributed by atoms with Crippen molar-refractivity contribution < 1.29 is 25.2 Å². The minimum absolute atomic E-state index is 0.104. The molecule has 0 amide bonds. The molecule has 0 aliphatic carbocycles. The van der Waals surface area contributed by atoms with Gasteiger partial charge in [-0.2, -0.15) is 0 Å². The fraction of sp³-hybridized carbons (Fsp3) is 0.400.